The zero-order chi connectivity index (χ0) is 14.0. The lowest BCUT2D eigenvalue weighted by atomic mass is 10.3. The topological polar surface area (TPSA) is 72.0 Å². The molecule has 0 aliphatic rings. The van der Waals surface area contributed by atoms with E-state index in [0.29, 0.717) is 5.02 Å². The molecule has 2 aromatic rings. The fourth-order valence-corrected chi connectivity index (χ4v) is 2.67. The first-order valence-electron chi connectivity index (χ1n) is 4.84. The molecule has 0 amide bonds. The predicted octanol–water partition coefficient (Wildman–Crippen LogP) is 3.24. The largest absolute Gasteiger partial charge is 0.278 e. The summed E-state index contributed by atoms with van der Waals surface area (Å²) >= 11 is 17.1. The van der Waals surface area contributed by atoms with Crippen molar-refractivity contribution in [3.05, 3.63) is 45.9 Å². The van der Waals surface area contributed by atoms with E-state index in [9.17, 15) is 8.42 Å². The molecule has 19 heavy (non-hydrogen) atoms. The molecule has 1 aromatic heterocycles. The van der Waals surface area contributed by atoms with Crippen molar-refractivity contribution in [2.75, 3.05) is 4.72 Å². The Morgan fingerprint density at radius 2 is 1.68 bits per heavy atom. The van der Waals surface area contributed by atoms with Gasteiger partial charge in [-0.1, -0.05) is 23.2 Å². The third kappa shape index (κ3) is 3.48. The minimum absolute atomic E-state index is 0.0419. The lowest BCUT2D eigenvalue weighted by Crippen LogP contribution is -2.14. The van der Waals surface area contributed by atoms with Crippen molar-refractivity contribution in [2.45, 2.75) is 4.90 Å². The van der Waals surface area contributed by atoms with Gasteiger partial charge in [0.2, 0.25) is 5.28 Å². The van der Waals surface area contributed by atoms with Gasteiger partial charge in [0.15, 0.2) is 0 Å². The summed E-state index contributed by atoms with van der Waals surface area (Å²) in [6.45, 7) is 0. The lowest BCUT2D eigenvalue weighted by Gasteiger charge is -2.09. The summed E-state index contributed by atoms with van der Waals surface area (Å²) < 4.78 is 26.4. The van der Waals surface area contributed by atoms with Gasteiger partial charge in [-0.3, -0.25) is 4.72 Å². The van der Waals surface area contributed by atoms with Crippen LogP contribution in [0.5, 0.6) is 0 Å². The highest BCUT2D eigenvalue weighted by Gasteiger charge is 2.17. The molecule has 1 N–H and O–H groups in total. The van der Waals surface area contributed by atoms with E-state index in [2.05, 4.69) is 14.7 Å². The first-order valence-corrected chi connectivity index (χ1v) is 7.45. The summed E-state index contributed by atoms with van der Waals surface area (Å²) in [4.78, 5) is 7.07. The van der Waals surface area contributed by atoms with E-state index in [0.717, 1.165) is 12.4 Å². The van der Waals surface area contributed by atoms with Crippen LogP contribution in [0.4, 0.5) is 5.69 Å². The molecule has 0 fully saturated rings. The number of halogens is 3. The highest BCUT2D eigenvalue weighted by Crippen LogP contribution is 2.27. The van der Waals surface area contributed by atoms with Crippen LogP contribution < -0.4 is 4.72 Å². The molecule has 0 aliphatic heterocycles. The fraction of sp³-hybridized carbons (Fsp3) is 0. The summed E-state index contributed by atoms with van der Waals surface area (Å²) in [6, 6.07) is 4.44. The molecule has 0 unspecified atom stereocenters. The number of hydrogen-bond acceptors (Lipinski definition) is 4. The summed E-state index contributed by atoms with van der Waals surface area (Å²) in [5.74, 6) is 0. The molecular weight excluding hydrogens is 333 g/mol. The van der Waals surface area contributed by atoms with Crippen LogP contribution in [-0.2, 0) is 10.0 Å². The van der Waals surface area contributed by atoms with E-state index in [-0.39, 0.29) is 20.9 Å². The zero-order valence-corrected chi connectivity index (χ0v) is 12.2. The van der Waals surface area contributed by atoms with Crippen LogP contribution in [0.25, 0.3) is 0 Å². The van der Waals surface area contributed by atoms with Crippen LogP contribution in [0.2, 0.25) is 15.3 Å². The zero-order valence-electron chi connectivity index (χ0n) is 9.14. The Hall–Kier alpha value is -1.08. The van der Waals surface area contributed by atoms with Gasteiger partial charge in [0.05, 0.1) is 23.1 Å². The van der Waals surface area contributed by atoms with Gasteiger partial charge in [-0.25, -0.2) is 18.4 Å². The molecule has 0 bridgehead atoms. The molecule has 0 radical (unpaired) electrons. The predicted molar refractivity (Wildman–Crippen MR) is 74.3 cm³/mol. The quantitative estimate of drug-likeness (QED) is 0.872. The normalized spacial score (nSPS) is 11.3. The highest BCUT2D eigenvalue weighted by molar-refractivity contribution is 7.92. The van der Waals surface area contributed by atoms with Gasteiger partial charge in [-0.05, 0) is 29.8 Å². The Kier molecular flexibility index (Phi) is 4.15. The molecule has 2 rings (SSSR count). The third-order valence-corrected chi connectivity index (χ3v) is 4.16. The van der Waals surface area contributed by atoms with Crippen LogP contribution >= 0.6 is 34.8 Å². The van der Waals surface area contributed by atoms with E-state index in [1.165, 1.54) is 12.1 Å². The summed E-state index contributed by atoms with van der Waals surface area (Å²) in [7, 11) is -3.85. The van der Waals surface area contributed by atoms with Crippen molar-refractivity contribution >= 4 is 50.5 Å². The maximum absolute atomic E-state index is 12.0. The second-order valence-corrected chi connectivity index (χ2v) is 6.28. The van der Waals surface area contributed by atoms with Gasteiger partial charge in [-0.15, -0.1) is 0 Å². The fourth-order valence-electron chi connectivity index (χ4n) is 1.22. The van der Waals surface area contributed by atoms with Crippen molar-refractivity contribution in [1.29, 1.82) is 0 Å². The van der Waals surface area contributed by atoms with E-state index >= 15 is 0 Å². The molecule has 100 valence electrons. The molecule has 9 heteroatoms. The lowest BCUT2D eigenvalue weighted by molar-refractivity contribution is 0.600. The number of aromatic nitrogens is 2. The summed E-state index contributed by atoms with van der Waals surface area (Å²) in [5.41, 5.74) is 0.170. The average Bonchev–Trinajstić information content (AvgIpc) is 2.34. The van der Waals surface area contributed by atoms with Crippen LogP contribution in [0.15, 0.2) is 35.5 Å². The Balaban J connectivity index is 2.36. The van der Waals surface area contributed by atoms with Crippen molar-refractivity contribution in [3.8, 4) is 0 Å². The maximum Gasteiger partial charge on any atom is 0.265 e. The Labute approximate surface area is 124 Å². The second-order valence-electron chi connectivity index (χ2n) is 3.42. The van der Waals surface area contributed by atoms with Crippen molar-refractivity contribution in [3.63, 3.8) is 0 Å². The van der Waals surface area contributed by atoms with E-state index < -0.39 is 10.0 Å². The highest BCUT2D eigenvalue weighted by atomic mass is 35.5. The van der Waals surface area contributed by atoms with Gasteiger partial charge < -0.3 is 0 Å². The first-order chi connectivity index (χ1) is 8.88. The van der Waals surface area contributed by atoms with Crippen LogP contribution in [-0.4, -0.2) is 18.4 Å². The second kappa shape index (κ2) is 5.50. The number of nitrogens with zero attached hydrogens (tertiary/aromatic N) is 2. The van der Waals surface area contributed by atoms with Gasteiger partial charge >= 0.3 is 0 Å². The minimum Gasteiger partial charge on any atom is -0.278 e. The molecule has 0 saturated carbocycles. The smallest absolute Gasteiger partial charge is 0.265 e. The Bertz CT molecular complexity index is 704. The van der Waals surface area contributed by atoms with Crippen LogP contribution in [0.3, 0.4) is 0 Å². The van der Waals surface area contributed by atoms with Gasteiger partial charge in [0, 0.05) is 5.02 Å². The van der Waals surface area contributed by atoms with E-state index in [4.69, 9.17) is 34.8 Å². The number of hydrogen-bond donors (Lipinski definition) is 1. The average molecular weight is 339 g/mol. The number of rotatable bonds is 3. The number of sulfonamides is 1. The molecule has 0 atom stereocenters. The Morgan fingerprint density at radius 1 is 1.05 bits per heavy atom. The summed E-state index contributed by atoms with van der Waals surface area (Å²) in [5, 5.41) is 0.539. The monoisotopic (exact) mass is 337 g/mol. The molecule has 1 heterocycles. The summed E-state index contributed by atoms with van der Waals surface area (Å²) in [6.07, 6.45) is 2.19. The molecule has 5 nitrogen and oxygen atoms in total. The molecule has 0 saturated heterocycles. The van der Waals surface area contributed by atoms with E-state index in [1.807, 2.05) is 0 Å². The number of benzene rings is 1. The van der Waals surface area contributed by atoms with Gasteiger partial charge in [-0.2, -0.15) is 0 Å². The van der Waals surface area contributed by atoms with Crippen LogP contribution in [0, 0.1) is 0 Å². The number of anilines is 1. The van der Waals surface area contributed by atoms with Crippen molar-refractivity contribution in [2.24, 2.45) is 0 Å². The van der Waals surface area contributed by atoms with Crippen molar-refractivity contribution < 1.29 is 8.42 Å². The van der Waals surface area contributed by atoms with Crippen molar-refractivity contribution in [1.82, 2.24) is 9.97 Å². The molecular formula is C10H6Cl3N3O2S. The minimum atomic E-state index is -3.85. The Morgan fingerprint density at radius 3 is 2.32 bits per heavy atom. The molecule has 0 aliphatic carbocycles. The first kappa shape index (κ1) is 14.3. The standard InChI is InChI=1S/C10H6Cl3N3O2S/c11-6-1-2-8(12)9(3-6)16-19(17,18)7-4-14-10(13)15-5-7/h1-5,16H. The third-order valence-electron chi connectivity index (χ3n) is 2.08. The molecule has 0 spiro atoms. The van der Waals surface area contributed by atoms with Gasteiger partial charge in [0.1, 0.15) is 4.90 Å². The van der Waals surface area contributed by atoms with Gasteiger partial charge in [0.25, 0.3) is 10.0 Å². The SMILES string of the molecule is O=S(=O)(Nc1cc(Cl)ccc1Cl)c1cnc(Cl)nc1. The van der Waals surface area contributed by atoms with E-state index in [1.54, 1.807) is 6.07 Å². The number of nitrogens with one attached hydrogen (secondary N) is 1. The maximum atomic E-state index is 12.0. The molecule has 1 aromatic carbocycles. The van der Waals surface area contributed by atoms with Crippen LogP contribution in [0.1, 0.15) is 0 Å².